The zero-order valence-corrected chi connectivity index (χ0v) is 16.1. The molecule has 8 heteroatoms. The fourth-order valence-electron chi connectivity index (χ4n) is 3.78. The molecule has 1 saturated heterocycles. The predicted molar refractivity (Wildman–Crippen MR) is 108 cm³/mol. The molecule has 0 bridgehead atoms. The maximum absolute atomic E-state index is 13.2. The molecule has 4 rings (SSSR count). The first kappa shape index (κ1) is 19.8. The summed E-state index contributed by atoms with van der Waals surface area (Å²) in [6.07, 6.45) is 2.29. The van der Waals surface area contributed by atoms with Crippen LogP contribution in [-0.4, -0.2) is 44.5 Å². The Morgan fingerprint density at radius 2 is 1.83 bits per heavy atom. The molecule has 1 fully saturated rings. The van der Waals surface area contributed by atoms with Crippen molar-refractivity contribution in [2.24, 2.45) is 5.92 Å². The standard InChI is InChI=1S/C22H20FN3O4/c23-17-5-3-14(4-6-17)13-26-19-16(2-1-9-24-19)12-18(21(26)28)20(27)25-10-7-15(8-11-25)22(29)30/h1-6,9,12,15H,7-8,10-11,13H2,(H,29,30). The molecule has 2 aromatic heterocycles. The molecule has 154 valence electrons. The minimum absolute atomic E-state index is 0.0198. The number of halogens is 1. The first-order valence-corrected chi connectivity index (χ1v) is 9.69. The summed E-state index contributed by atoms with van der Waals surface area (Å²) in [5.41, 5.74) is 0.688. The summed E-state index contributed by atoms with van der Waals surface area (Å²) < 4.78 is 14.7. The molecule has 1 aliphatic heterocycles. The highest BCUT2D eigenvalue weighted by Crippen LogP contribution is 2.20. The average molecular weight is 409 g/mol. The van der Waals surface area contributed by atoms with Crippen LogP contribution >= 0.6 is 0 Å². The zero-order valence-electron chi connectivity index (χ0n) is 16.1. The van der Waals surface area contributed by atoms with Gasteiger partial charge in [0.25, 0.3) is 11.5 Å². The summed E-state index contributed by atoms with van der Waals surface area (Å²) in [6, 6.07) is 10.8. The van der Waals surface area contributed by atoms with Gasteiger partial charge < -0.3 is 10.0 Å². The topological polar surface area (TPSA) is 92.5 Å². The molecule has 0 spiro atoms. The van der Waals surface area contributed by atoms with E-state index in [1.54, 1.807) is 30.5 Å². The van der Waals surface area contributed by atoms with Crippen molar-refractivity contribution >= 4 is 22.9 Å². The first-order chi connectivity index (χ1) is 14.4. The van der Waals surface area contributed by atoms with Crippen LogP contribution in [0, 0.1) is 11.7 Å². The van der Waals surface area contributed by atoms with Gasteiger partial charge in [-0.1, -0.05) is 12.1 Å². The Balaban J connectivity index is 1.71. The number of fused-ring (bicyclic) bond motifs is 1. The van der Waals surface area contributed by atoms with E-state index in [1.165, 1.54) is 27.7 Å². The SMILES string of the molecule is O=C(O)C1CCN(C(=O)c2cc3cccnc3n(Cc3ccc(F)cc3)c2=O)CC1. The average Bonchev–Trinajstić information content (AvgIpc) is 2.76. The monoisotopic (exact) mass is 409 g/mol. The van der Waals surface area contributed by atoms with Crippen LogP contribution in [0.2, 0.25) is 0 Å². The summed E-state index contributed by atoms with van der Waals surface area (Å²) in [6.45, 7) is 0.728. The van der Waals surface area contributed by atoms with Crippen molar-refractivity contribution < 1.29 is 19.1 Å². The quantitative estimate of drug-likeness (QED) is 0.715. The third kappa shape index (κ3) is 3.80. The predicted octanol–water partition coefficient (Wildman–Crippen LogP) is 2.52. The molecule has 0 saturated carbocycles. The molecule has 3 heterocycles. The largest absolute Gasteiger partial charge is 0.481 e. The highest BCUT2D eigenvalue weighted by Gasteiger charge is 2.29. The van der Waals surface area contributed by atoms with E-state index in [4.69, 9.17) is 5.11 Å². The number of likely N-dealkylation sites (tertiary alicyclic amines) is 1. The number of piperidine rings is 1. The second kappa shape index (κ2) is 8.06. The number of aliphatic carboxylic acids is 1. The van der Waals surface area contributed by atoms with E-state index in [-0.39, 0.29) is 31.0 Å². The van der Waals surface area contributed by atoms with E-state index in [9.17, 15) is 18.8 Å². The van der Waals surface area contributed by atoms with Gasteiger partial charge in [0.05, 0.1) is 12.5 Å². The van der Waals surface area contributed by atoms with Gasteiger partial charge in [-0.15, -0.1) is 0 Å². The molecule has 0 radical (unpaired) electrons. The Kier molecular flexibility index (Phi) is 5.31. The van der Waals surface area contributed by atoms with Crippen molar-refractivity contribution in [3.05, 3.63) is 76.0 Å². The Morgan fingerprint density at radius 1 is 1.13 bits per heavy atom. The molecule has 1 N–H and O–H groups in total. The lowest BCUT2D eigenvalue weighted by Crippen LogP contribution is -2.42. The van der Waals surface area contributed by atoms with Gasteiger partial charge in [0.1, 0.15) is 17.0 Å². The highest BCUT2D eigenvalue weighted by atomic mass is 19.1. The van der Waals surface area contributed by atoms with Gasteiger partial charge >= 0.3 is 5.97 Å². The van der Waals surface area contributed by atoms with Crippen LogP contribution in [0.5, 0.6) is 0 Å². The lowest BCUT2D eigenvalue weighted by atomic mass is 9.96. The number of carbonyl (C=O) groups excluding carboxylic acids is 1. The second-order valence-electron chi connectivity index (χ2n) is 7.40. The van der Waals surface area contributed by atoms with Crippen molar-refractivity contribution in [3.63, 3.8) is 0 Å². The minimum Gasteiger partial charge on any atom is -0.481 e. The number of nitrogens with zero attached hydrogens (tertiary/aromatic N) is 3. The van der Waals surface area contributed by atoms with Crippen LogP contribution in [-0.2, 0) is 11.3 Å². The molecular weight excluding hydrogens is 389 g/mol. The number of pyridine rings is 2. The van der Waals surface area contributed by atoms with E-state index in [1.807, 2.05) is 0 Å². The molecule has 1 aliphatic rings. The van der Waals surface area contributed by atoms with E-state index in [2.05, 4.69) is 4.98 Å². The molecule has 1 aromatic carbocycles. The van der Waals surface area contributed by atoms with Gasteiger partial charge in [0.15, 0.2) is 0 Å². The zero-order chi connectivity index (χ0) is 21.3. The van der Waals surface area contributed by atoms with Crippen LogP contribution in [0.1, 0.15) is 28.8 Å². The van der Waals surface area contributed by atoms with Gasteiger partial charge in [0.2, 0.25) is 0 Å². The van der Waals surface area contributed by atoms with Crippen LogP contribution in [0.25, 0.3) is 11.0 Å². The van der Waals surface area contributed by atoms with E-state index in [0.717, 1.165) is 0 Å². The van der Waals surface area contributed by atoms with Crippen molar-refractivity contribution in [2.45, 2.75) is 19.4 Å². The number of benzene rings is 1. The van der Waals surface area contributed by atoms with Crippen LogP contribution in [0.3, 0.4) is 0 Å². The Hall–Kier alpha value is -3.55. The van der Waals surface area contributed by atoms with Gasteiger partial charge in [-0.3, -0.25) is 19.0 Å². The fraction of sp³-hybridized carbons (Fsp3) is 0.273. The van der Waals surface area contributed by atoms with Crippen molar-refractivity contribution in [2.75, 3.05) is 13.1 Å². The van der Waals surface area contributed by atoms with Crippen LogP contribution in [0.4, 0.5) is 4.39 Å². The molecule has 0 unspecified atom stereocenters. The number of carboxylic acids is 1. The molecule has 30 heavy (non-hydrogen) atoms. The van der Waals surface area contributed by atoms with E-state index < -0.39 is 23.4 Å². The maximum atomic E-state index is 13.2. The summed E-state index contributed by atoms with van der Waals surface area (Å²) in [4.78, 5) is 43.3. The molecule has 7 nitrogen and oxygen atoms in total. The molecule has 3 aromatic rings. The summed E-state index contributed by atoms with van der Waals surface area (Å²) in [5, 5.41) is 9.79. The minimum atomic E-state index is -0.861. The highest BCUT2D eigenvalue weighted by molar-refractivity contribution is 5.97. The Labute approximate surface area is 171 Å². The molecule has 0 aliphatic carbocycles. The smallest absolute Gasteiger partial charge is 0.306 e. The summed E-state index contributed by atoms with van der Waals surface area (Å²) in [7, 11) is 0. The summed E-state index contributed by atoms with van der Waals surface area (Å²) in [5.74, 6) is -2.12. The summed E-state index contributed by atoms with van der Waals surface area (Å²) >= 11 is 0. The molecule has 1 amide bonds. The molecule has 0 atom stereocenters. The van der Waals surface area contributed by atoms with Crippen molar-refractivity contribution in [1.29, 1.82) is 0 Å². The van der Waals surface area contributed by atoms with Gasteiger partial charge in [-0.25, -0.2) is 9.37 Å². The van der Waals surface area contributed by atoms with Gasteiger partial charge in [0, 0.05) is 24.7 Å². The fourth-order valence-corrected chi connectivity index (χ4v) is 3.78. The lowest BCUT2D eigenvalue weighted by molar-refractivity contribution is -0.143. The Bertz CT molecular complexity index is 1170. The maximum Gasteiger partial charge on any atom is 0.306 e. The van der Waals surface area contributed by atoms with E-state index >= 15 is 0 Å². The molecular formula is C22H20FN3O4. The third-order valence-electron chi connectivity index (χ3n) is 5.46. The number of hydrogen-bond acceptors (Lipinski definition) is 4. The number of rotatable bonds is 4. The van der Waals surface area contributed by atoms with E-state index in [0.29, 0.717) is 29.4 Å². The Morgan fingerprint density at radius 3 is 2.50 bits per heavy atom. The normalized spacial score (nSPS) is 14.8. The van der Waals surface area contributed by atoms with Gasteiger partial charge in [-0.05, 0) is 48.7 Å². The first-order valence-electron chi connectivity index (χ1n) is 9.69. The number of hydrogen-bond donors (Lipinski definition) is 1. The lowest BCUT2D eigenvalue weighted by Gasteiger charge is -2.30. The third-order valence-corrected chi connectivity index (χ3v) is 5.46. The second-order valence-corrected chi connectivity index (χ2v) is 7.40. The van der Waals surface area contributed by atoms with Crippen molar-refractivity contribution in [1.82, 2.24) is 14.5 Å². The van der Waals surface area contributed by atoms with Crippen LogP contribution in [0.15, 0.2) is 53.5 Å². The number of amides is 1. The number of carbonyl (C=O) groups is 2. The van der Waals surface area contributed by atoms with Crippen LogP contribution < -0.4 is 5.56 Å². The number of carboxylic acid groups (broad SMARTS) is 1. The van der Waals surface area contributed by atoms with Crippen molar-refractivity contribution in [3.8, 4) is 0 Å². The number of aromatic nitrogens is 2. The van der Waals surface area contributed by atoms with Gasteiger partial charge in [-0.2, -0.15) is 0 Å².